The smallest absolute Gasteiger partial charge is 0.330 e. The lowest BCUT2D eigenvalue weighted by Crippen LogP contribution is -1.98. The number of carbonyl (C=O) groups excluding carboxylic acids is 1. The van der Waals surface area contributed by atoms with Gasteiger partial charge in [-0.3, -0.25) is 0 Å². The Balaban J connectivity index is 2.24. The van der Waals surface area contributed by atoms with E-state index in [0.29, 0.717) is 12.5 Å². The number of aromatic nitrogens is 1. The summed E-state index contributed by atoms with van der Waals surface area (Å²) >= 11 is 0. The molecule has 1 aromatic heterocycles. The summed E-state index contributed by atoms with van der Waals surface area (Å²) in [6.07, 6.45) is 3.14. The van der Waals surface area contributed by atoms with Crippen LogP contribution >= 0.6 is 0 Å². The van der Waals surface area contributed by atoms with Gasteiger partial charge in [0.25, 0.3) is 0 Å². The Hall–Kier alpha value is -2.36. The normalized spacial score (nSPS) is 10.8. The number of hydrogen-bond acceptors (Lipinski definition) is 4. The first-order valence-electron chi connectivity index (χ1n) is 6.02. The molecule has 1 aromatic carbocycles. The molecule has 0 bridgehead atoms. The van der Waals surface area contributed by atoms with Crippen molar-refractivity contribution < 1.29 is 14.3 Å². The number of esters is 1. The van der Waals surface area contributed by atoms with Crippen LogP contribution in [0.5, 0.6) is 5.88 Å². The molecule has 0 atom stereocenters. The maximum absolute atomic E-state index is 11.2. The van der Waals surface area contributed by atoms with Gasteiger partial charge >= 0.3 is 5.97 Å². The summed E-state index contributed by atoms with van der Waals surface area (Å²) in [7, 11) is 1.59. The Bertz CT molecular complexity index is 620. The highest BCUT2D eigenvalue weighted by Gasteiger charge is 1.99. The van der Waals surface area contributed by atoms with Gasteiger partial charge in [0, 0.05) is 17.5 Å². The lowest BCUT2D eigenvalue weighted by molar-refractivity contribution is -0.137. The summed E-state index contributed by atoms with van der Waals surface area (Å²) in [6, 6.07) is 9.48. The number of ether oxygens (including phenoxy) is 2. The minimum atomic E-state index is -0.338. The van der Waals surface area contributed by atoms with Gasteiger partial charge in [-0.1, -0.05) is 6.07 Å². The van der Waals surface area contributed by atoms with Crippen molar-refractivity contribution in [3.8, 4) is 5.88 Å². The highest BCUT2D eigenvalue weighted by Crippen LogP contribution is 2.18. The number of methoxy groups -OCH3 is 1. The van der Waals surface area contributed by atoms with Crippen LogP contribution in [0.3, 0.4) is 0 Å². The molecule has 0 saturated heterocycles. The molecule has 0 radical (unpaired) electrons. The van der Waals surface area contributed by atoms with Gasteiger partial charge in [-0.25, -0.2) is 9.78 Å². The number of benzene rings is 1. The molecule has 98 valence electrons. The molecule has 0 unspecified atom stereocenters. The van der Waals surface area contributed by atoms with Crippen LogP contribution in [0.1, 0.15) is 12.5 Å². The monoisotopic (exact) mass is 257 g/mol. The van der Waals surface area contributed by atoms with Gasteiger partial charge < -0.3 is 9.47 Å². The van der Waals surface area contributed by atoms with Gasteiger partial charge in [0.2, 0.25) is 5.88 Å². The van der Waals surface area contributed by atoms with Crippen LogP contribution in [0.15, 0.2) is 36.4 Å². The van der Waals surface area contributed by atoms with Crippen molar-refractivity contribution in [2.24, 2.45) is 0 Å². The number of pyridine rings is 1. The highest BCUT2D eigenvalue weighted by molar-refractivity contribution is 5.88. The Morgan fingerprint density at radius 3 is 2.89 bits per heavy atom. The van der Waals surface area contributed by atoms with E-state index in [1.165, 1.54) is 6.08 Å². The summed E-state index contributed by atoms with van der Waals surface area (Å²) in [4.78, 5) is 15.5. The van der Waals surface area contributed by atoms with Crippen LogP contribution in [-0.4, -0.2) is 24.7 Å². The maximum Gasteiger partial charge on any atom is 0.330 e. The summed E-state index contributed by atoms with van der Waals surface area (Å²) in [5.41, 5.74) is 1.78. The standard InChI is InChI=1S/C15H15NO3/c1-3-19-15(17)9-5-11-4-7-13-12(10-11)6-8-14(16-13)18-2/h4-10H,3H2,1-2H3/b9-5+. The summed E-state index contributed by atoms with van der Waals surface area (Å²) < 4.78 is 9.90. The summed E-state index contributed by atoms with van der Waals surface area (Å²) in [5.74, 6) is 0.248. The van der Waals surface area contributed by atoms with Crippen LogP contribution in [0.4, 0.5) is 0 Å². The quantitative estimate of drug-likeness (QED) is 0.624. The van der Waals surface area contributed by atoms with E-state index in [-0.39, 0.29) is 5.97 Å². The van der Waals surface area contributed by atoms with E-state index in [0.717, 1.165) is 16.5 Å². The molecule has 0 spiro atoms. The predicted octanol–water partition coefficient (Wildman–Crippen LogP) is 2.82. The van der Waals surface area contributed by atoms with E-state index in [2.05, 4.69) is 4.98 Å². The average molecular weight is 257 g/mol. The van der Waals surface area contributed by atoms with Crippen LogP contribution in [0, 0.1) is 0 Å². The third kappa shape index (κ3) is 3.31. The fraction of sp³-hybridized carbons (Fsp3) is 0.200. The van der Waals surface area contributed by atoms with Crippen LogP contribution in [0.2, 0.25) is 0 Å². The zero-order valence-corrected chi connectivity index (χ0v) is 10.9. The van der Waals surface area contributed by atoms with Crippen molar-refractivity contribution in [3.63, 3.8) is 0 Å². The van der Waals surface area contributed by atoms with Gasteiger partial charge in [0.15, 0.2) is 0 Å². The van der Waals surface area contributed by atoms with Crippen LogP contribution < -0.4 is 4.74 Å². The molecule has 0 saturated carbocycles. The number of nitrogens with zero attached hydrogens (tertiary/aromatic N) is 1. The predicted molar refractivity (Wildman–Crippen MR) is 74.0 cm³/mol. The van der Waals surface area contributed by atoms with E-state index < -0.39 is 0 Å². The molecule has 0 aliphatic heterocycles. The largest absolute Gasteiger partial charge is 0.481 e. The fourth-order valence-electron chi connectivity index (χ4n) is 1.70. The molecular weight excluding hydrogens is 242 g/mol. The van der Waals surface area contributed by atoms with E-state index in [1.807, 2.05) is 24.3 Å². The zero-order valence-electron chi connectivity index (χ0n) is 10.9. The number of carbonyl (C=O) groups is 1. The SMILES string of the molecule is CCOC(=O)/C=C/c1ccc2nc(OC)ccc2c1. The van der Waals surface area contributed by atoms with E-state index >= 15 is 0 Å². The third-order valence-corrected chi connectivity index (χ3v) is 2.60. The Morgan fingerprint density at radius 1 is 1.32 bits per heavy atom. The molecule has 0 amide bonds. The molecule has 4 nitrogen and oxygen atoms in total. The van der Waals surface area contributed by atoms with E-state index in [9.17, 15) is 4.79 Å². The van der Waals surface area contributed by atoms with E-state index in [1.54, 1.807) is 26.2 Å². The number of hydrogen-bond donors (Lipinski definition) is 0. The molecule has 2 aromatic rings. The Labute approximate surface area is 111 Å². The average Bonchev–Trinajstić information content (AvgIpc) is 2.44. The van der Waals surface area contributed by atoms with Crippen molar-refractivity contribution in [2.45, 2.75) is 6.92 Å². The molecule has 4 heteroatoms. The molecule has 0 fully saturated rings. The number of rotatable bonds is 4. The molecule has 2 rings (SSSR count). The minimum absolute atomic E-state index is 0.338. The Kier molecular flexibility index (Phi) is 4.13. The van der Waals surface area contributed by atoms with Crippen LogP contribution in [-0.2, 0) is 9.53 Å². The lowest BCUT2D eigenvalue weighted by atomic mass is 10.1. The topological polar surface area (TPSA) is 48.4 Å². The van der Waals surface area contributed by atoms with Gasteiger partial charge in [0.05, 0.1) is 19.2 Å². The second-order valence-electron chi connectivity index (χ2n) is 3.89. The second-order valence-corrected chi connectivity index (χ2v) is 3.89. The lowest BCUT2D eigenvalue weighted by Gasteiger charge is -2.02. The molecule has 0 aliphatic carbocycles. The van der Waals surface area contributed by atoms with Crippen LogP contribution in [0.25, 0.3) is 17.0 Å². The van der Waals surface area contributed by atoms with Crippen molar-refractivity contribution in [1.29, 1.82) is 0 Å². The molecule has 0 N–H and O–H groups in total. The first kappa shape index (κ1) is 13.1. The van der Waals surface area contributed by atoms with Crippen molar-refractivity contribution in [3.05, 3.63) is 42.0 Å². The summed E-state index contributed by atoms with van der Waals surface area (Å²) in [5, 5.41) is 0.992. The first-order chi connectivity index (χ1) is 9.22. The first-order valence-corrected chi connectivity index (χ1v) is 6.02. The van der Waals surface area contributed by atoms with E-state index in [4.69, 9.17) is 9.47 Å². The molecular formula is C15H15NO3. The Morgan fingerprint density at radius 2 is 2.16 bits per heavy atom. The molecule has 0 aliphatic rings. The highest BCUT2D eigenvalue weighted by atomic mass is 16.5. The fourth-order valence-corrected chi connectivity index (χ4v) is 1.70. The minimum Gasteiger partial charge on any atom is -0.481 e. The second kappa shape index (κ2) is 6.00. The molecule has 19 heavy (non-hydrogen) atoms. The number of fused-ring (bicyclic) bond motifs is 1. The third-order valence-electron chi connectivity index (χ3n) is 2.60. The van der Waals surface area contributed by atoms with Gasteiger partial charge in [0.1, 0.15) is 0 Å². The van der Waals surface area contributed by atoms with Gasteiger partial charge in [-0.05, 0) is 36.8 Å². The zero-order chi connectivity index (χ0) is 13.7. The van der Waals surface area contributed by atoms with Crippen molar-refractivity contribution in [1.82, 2.24) is 4.98 Å². The van der Waals surface area contributed by atoms with Crippen molar-refractivity contribution >= 4 is 22.9 Å². The maximum atomic E-state index is 11.2. The molecule has 1 heterocycles. The van der Waals surface area contributed by atoms with Gasteiger partial charge in [-0.15, -0.1) is 0 Å². The van der Waals surface area contributed by atoms with Gasteiger partial charge in [-0.2, -0.15) is 0 Å². The van der Waals surface area contributed by atoms with Crippen molar-refractivity contribution in [2.75, 3.05) is 13.7 Å². The summed E-state index contributed by atoms with van der Waals surface area (Å²) in [6.45, 7) is 2.16.